The Labute approximate surface area is 183 Å². The number of amides is 1. The van der Waals surface area contributed by atoms with Crippen molar-refractivity contribution in [2.45, 2.75) is 26.4 Å². The van der Waals surface area contributed by atoms with Crippen molar-refractivity contribution in [2.24, 2.45) is 0 Å². The molecule has 160 valence electrons. The fourth-order valence-electron chi connectivity index (χ4n) is 4.26. The number of hydrogen-bond acceptors (Lipinski definition) is 6. The molecule has 32 heavy (non-hydrogen) atoms. The summed E-state index contributed by atoms with van der Waals surface area (Å²) < 4.78 is 0. The zero-order valence-electron chi connectivity index (χ0n) is 17.5. The van der Waals surface area contributed by atoms with Gasteiger partial charge in [0.1, 0.15) is 23.6 Å². The molecule has 4 aromatic rings. The van der Waals surface area contributed by atoms with Gasteiger partial charge in [-0.25, -0.2) is 4.98 Å². The van der Waals surface area contributed by atoms with Crippen LogP contribution in [-0.2, 0) is 4.79 Å². The molecular formula is C23H20N6O3. The Kier molecular flexibility index (Phi) is 4.46. The summed E-state index contributed by atoms with van der Waals surface area (Å²) in [5.74, 6) is 0.228. The maximum atomic E-state index is 12.1. The quantitative estimate of drug-likeness (QED) is 0.395. The summed E-state index contributed by atoms with van der Waals surface area (Å²) in [6.45, 7) is 4.15. The number of fused-ring (bicyclic) bond motifs is 1. The van der Waals surface area contributed by atoms with Crippen molar-refractivity contribution in [1.82, 2.24) is 20.2 Å². The van der Waals surface area contributed by atoms with Crippen LogP contribution in [0.15, 0.2) is 30.5 Å². The number of benzene rings is 1. The number of aryl methyl sites for hydroxylation is 1. The number of aliphatic hydroxyl groups is 1. The maximum absolute atomic E-state index is 12.1. The minimum atomic E-state index is -0.992. The van der Waals surface area contributed by atoms with E-state index in [-0.39, 0.29) is 11.7 Å². The van der Waals surface area contributed by atoms with Gasteiger partial charge in [0, 0.05) is 36.2 Å². The molecule has 1 amide bonds. The summed E-state index contributed by atoms with van der Waals surface area (Å²) in [7, 11) is 0. The van der Waals surface area contributed by atoms with E-state index in [0.717, 1.165) is 11.1 Å². The van der Waals surface area contributed by atoms with Crippen molar-refractivity contribution < 1.29 is 15.0 Å². The first-order valence-corrected chi connectivity index (χ1v) is 10.2. The van der Waals surface area contributed by atoms with Gasteiger partial charge in [0.25, 0.3) is 5.91 Å². The van der Waals surface area contributed by atoms with Crippen LogP contribution >= 0.6 is 0 Å². The number of phenols is 1. The minimum Gasteiger partial charge on any atom is -0.508 e. The van der Waals surface area contributed by atoms with Gasteiger partial charge in [-0.05, 0) is 42.7 Å². The van der Waals surface area contributed by atoms with Gasteiger partial charge in [0.2, 0.25) is 0 Å². The second-order valence-electron chi connectivity index (χ2n) is 7.94. The number of carbonyl (C=O) groups is 1. The van der Waals surface area contributed by atoms with Crippen LogP contribution in [0.2, 0.25) is 0 Å². The molecule has 1 aromatic carbocycles. The maximum Gasteiger partial charge on any atom is 0.257 e. The van der Waals surface area contributed by atoms with Crippen LogP contribution in [0.3, 0.4) is 0 Å². The molecule has 1 aliphatic heterocycles. The van der Waals surface area contributed by atoms with Gasteiger partial charge in [-0.1, -0.05) is 6.07 Å². The first-order chi connectivity index (χ1) is 15.4. The van der Waals surface area contributed by atoms with Crippen LogP contribution in [0.1, 0.15) is 23.1 Å². The summed E-state index contributed by atoms with van der Waals surface area (Å²) in [5.41, 5.74) is 5.34. The smallest absolute Gasteiger partial charge is 0.257 e. The minimum absolute atomic E-state index is 0.163. The number of nitriles is 1. The average molecular weight is 428 g/mol. The van der Waals surface area contributed by atoms with Gasteiger partial charge in [-0.3, -0.25) is 14.8 Å². The van der Waals surface area contributed by atoms with Crippen LogP contribution < -0.4 is 4.90 Å². The molecule has 1 fully saturated rings. The highest BCUT2D eigenvalue weighted by Gasteiger charge is 2.32. The number of hydrogen-bond donors (Lipinski definition) is 4. The van der Waals surface area contributed by atoms with E-state index in [2.05, 4.69) is 26.2 Å². The summed E-state index contributed by atoms with van der Waals surface area (Å²) in [4.78, 5) is 21.2. The Hall–Kier alpha value is -4.16. The third kappa shape index (κ3) is 2.92. The lowest BCUT2D eigenvalue weighted by Crippen LogP contribution is -2.29. The average Bonchev–Trinajstić information content (AvgIpc) is 3.50. The van der Waals surface area contributed by atoms with E-state index in [1.807, 2.05) is 26.0 Å². The molecular weight excluding hydrogens is 408 g/mol. The zero-order valence-corrected chi connectivity index (χ0v) is 17.5. The van der Waals surface area contributed by atoms with Crippen molar-refractivity contribution in [3.05, 3.63) is 47.2 Å². The first kappa shape index (κ1) is 19.8. The summed E-state index contributed by atoms with van der Waals surface area (Å²) >= 11 is 0. The number of aromatic hydroxyl groups is 1. The third-order valence-electron chi connectivity index (χ3n) is 5.99. The molecule has 3 aromatic heterocycles. The summed E-state index contributed by atoms with van der Waals surface area (Å²) in [6, 6.07) is 9.28. The number of aliphatic hydroxyl groups excluding tert-OH is 1. The Morgan fingerprint density at radius 2 is 2.06 bits per heavy atom. The second-order valence-corrected chi connectivity index (χ2v) is 7.94. The predicted octanol–water partition coefficient (Wildman–Crippen LogP) is 2.91. The molecule has 4 heterocycles. The molecule has 4 N–H and O–H groups in total. The first-order valence-electron chi connectivity index (χ1n) is 10.2. The third-order valence-corrected chi connectivity index (χ3v) is 5.99. The van der Waals surface area contributed by atoms with Gasteiger partial charge in [0.05, 0.1) is 17.0 Å². The van der Waals surface area contributed by atoms with E-state index in [4.69, 9.17) is 0 Å². The molecule has 9 nitrogen and oxygen atoms in total. The number of aromatic nitrogens is 4. The lowest BCUT2D eigenvalue weighted by Gasteiger charge is -2.13. The zero-order chi connectivity index (χ0) is 22.6. The van der Waals surface area contributed by atoms with Crippen molar-refractivity contribution in [3.8, 4) is 34.3 Å². The van der Waals surface area contributed by atoms with Crippen LogP contribution in [0, 0.1) is 25.2 Å². The number of aromatic amines is 2. The number of rotatable bonds is 3. The van der Waals surface area contributed by atoms with Crippen LogP contribution in [0.5, 0.6) is 5.75 Å². The molecule has 1 saturated heterocycles. The monoisotopic (exact) mass is 428 g/mol. The van der Waals surface area contributed by atoms with Gasteiger partial charge < -0.3 is 15.2 Å². The van der Waals surface area contributed by atoms with Crippen LogP contribution in [0.25, 0.3) is 33.5 Å². The molecule has 1 unspecified atom stereocenters. The highest BCUT2D eigenvalue weighted by Crippen LogP contribution is 2.37. The Morgan fingerprint density at radius 3 is 2.78 bits per heavy atom. The number of phenolic OH excluding ortho intramolecular Hbond substituents is 1. The van der Waals surface area contributed by atoms with Gasteiger partial charge in [0.15, 0.2) is 5.82 Å². The molecule has 0 saturated carbocycles. The van der Waals surface area contributed by atoms with Gasteiger partial charge in [-0.15, -0.1) is 0 Å². The molecule has 0 bridgehead atoms. The molecule has 1 atom stereocenters. The summed E-state index contributed by atoms with van der Waals surface area (Å²) in [5, 5.41) is 37.6. The lowest BCUT2D eigenvalue weighted by atomic mass is 9.92. The predicted molar refractivity (Wildman–Crippen MR) is 118 cm³/mol. The number of anilines is 1. The molecule has 0 radical (unpaired) electrons. The molecule has 1 aliphatic rings. The van der Waals surface area contributed by atoms with Gasteiger partial charge in [-0.2, -0.15) is 10.4 Å². The van der Waals surface area contributed by atoms with E-state index in [1.165, 1.54) is 4.90 Å². The molecule has 9 heteroatoms. The SMILES string of the molecule is Cc1ccc(O)c(C)c1-c1cnc2[nH]c(-c3cc(N4CCC(O)C4=O)n[nH]3)cc2c1C#N. The fourth-order valence-corrected chi connectivity index (χ4v) is 4.26. The van der Waals surface area contributed by atoms with E-state index < -0.39 is 6.10 Å². The Bertz CT molecular complexity index is 1430. The topological polar surface area (TPSA) is 142 Å². The highest BCUT2D eigenvalue weighted by atomic mass is 16.3. The van der Waals surface area contributed by atoms with E-state index in [1.54, 1.807) is 18.3 Å². The van der Waals surface area contributed by atoms with Crippen molar-refractivity contribution >= 4 is 22.8 Å². The van der Waals surface area contributed by atoms with Crippen molar-refractivity contribution in [3.63, 3.8) is 0 Å². The van der Waals surface area contributed by atoms with E-state index in [0.29, 0.717) is 57.9 Å². The fraction of sp³-hybridized carbons (Fsp3) is 0.217. The molecule has 0 aliphatic carbocycles. The van der Waals surface area contributed by atoms with Crippen molar-refractivity contribution in [2.75, 3.05) is 11.4 Å². The van der Waals surface area contributed by atoms with Crippen LogP contribution in [-0.4, -0.2) is 48.9 Å². The molecule has 5 rings (SSSR count). The Balaban J connectivity index is 1.60. The lowest BCUT2D eigenvalue weighted by molar-refractivity contribution is -0.124. The van der Waals surface area contributed by atoms with Gasteiger partial charge >= 0.3 is 0 Å². The van der Waals surface area contributed by atoms with E-state index in [9.17, 15) is 20.3 Å². The number of pyridine rings is 1. The second kappa shape index (κ2) is 7.21. The van der Waals surface area contributed by atoms with Crippen molar-refractivity contribution in [1.29, 1.82) is 5.26 Å². The summed E-state index contributed by atoms with van der Waals surface area (Å²) in [6.07, 6.45) is 1.02. The van der Waals surface area contributed by atoms with E-state index >= 15 is 0 Å². The van der Waals surface area contributed by atoms with Crippen LogP contribution in [0.4, 0.5) is 5.82 Å². The number of H-pyrrole nitrogens is 2. The highest BCUT2D eigenvalue weighted by molar-refractivity contribution is 5.98. The number of nitrogens with zero attached hydrogens (tertiary/aromatic N) is 4. The largest absolute Gasteiger partial charge is 0.508 e. The Morgan fingerprint density at radius 1 is 1.25 bits per heavy atom. The number of carbonyl (C=O) groups excluding carboxylic acids is 1. The number of nitrogens with one attached hydrogen (secondary N) is 2. The molecule has 0 spiro atoms. The normalized spacial score (nSPS) is 16.1. The standard InChI is InChI=1S/C23H20N6O3/c1-11-3-4-18(30)12(2)21(11)15-10-25-22-13(14(15)9-24)7-16(26-22)17-8-20(28-27-17)29-6-5-19(31)23(29)32/h3-4,7-8,10,19,30-31H,5-6H2,1-2H3,(H,25,26)(H,27,28).